The number of aromatic amines is 1. The largest absolute Gasteiger partial charge is 0.480 e. The molecule has 0 saturated heterocycles. The van der Waals surface area contributed by atoms with Gasteiger partial charge in [-0.1, -0.05) is 6.42 Å². The zero-order valence-corrected chi connectivity index (χ0v) is 20.1. The van der Waals surface area contributed by atoms with E-state index in [0.717, 1.165) is 0 Å². The highest BCUT2D eigenvalue weighted by atomic mass is 16.4. The van der Waals surface area contributed by atoms with Gasteiger partial charge in [0.1, 0.15) is 18.1 Å². The van der Waals surface area contributed by atoms with Crippen LogP contribution < -0.4 is 33.2 Å². The van der Waals surface area contributed by atoms with Crippen molar-refractivity contribution in [3.05, 3.63) is 18.2 Å². The van der Waals surface area contributed by atoms with Crippen molar-refractivity contribution < 1.29 is 34.2 Å². The number of amides is 4. The lowest BCUT2D eigenvalue weighted by Crippen LogP contribution is -2.60. The van der Waals surface area contributed by atoms with Gasteiger partial charge in [0.2, 0.25) is 23.6 Å². The van der Waals surface area contributed by atoms with E-state index in [1.165, 1.54) is 19.4 Å². The van der Waals surface area contributed by atoms with Crippen LogP contribution in [0.15, 0.2) is 12.5 Å². The number of aliphatic carboxylic acids is 1. The molecule has 5 atom stereocenters. The Bertz CT molecular complexity index is 878. The maximum Gasteiger partial charge on any atom is 0.326 e. The number of carbonyl (C=O) groups is 5. The Morgan fingerprint density at radius 1 is 1.03 bits per heavy atom. The van der Waals surface area contributed by atoms with Crippen molar-refractivity contribution in [1.82, 2.24) is 25.9 Å². The first-order valence-corrected chi connectivity index (χ1v) is 11.5. The minimum absolute atomic E-state index is 0.124. The summed E-state index contributed by atoms with van der Waals surface area (Å²) in [6.45, 7) is 1.66. The van der Waals surface area contributed by atoms with Gasteiger partial charge in [-0.2, -0.15) is 0 Å². The van der Waals surface area contributed by atoms with Crippen LogP contribution in [0, 0.1) is 0 Å². The first-order valence-electron chi connectivity index (χ1n) is 11.5. The van der Waals surface area contributed by atoms with Gasteiger partial charge in [0.15, 0.2) is 0 Å². The van der Waals surface area contributed by atoms with E-state index in [1.807, 2.05) is 0 Å². The molecule has 1 heterocycles. The molecule has 0 radical (unpaired) electrons. The van der Waals surface area contributed by atoms with Gasteiger partial charge in [0.25, 0.3) is 0 Å². The quantitative estimate of drug-likeness (QED) is 0.0933. The summed E-state index contributed by atoms with van der Waals surface area (Å²) in [5, 5.41) is 26.6. The maximum absolute atomic E-state index is 12.9. The summed E-state index contributed by atoms with van der Waals surface area (Å²) in [6, 6.07) is -5.17. The lowest BCUT2D eigenvalue weighted by atomic mass is 10.1. The minimum Gasteiger partial charge on any atom is -0.480 e. The highest BCUT2D eigenvalue weighted by Gasteiger charge is 2.33. The van der Waals surface area contributed by atoms with Crippen molar-refractivity contribution in [3.63, 3.8) is 0 Å². The summed E-state index contributed by atoms with van der Waals surface area (Å²) >= 11 is 0. The van der Waals surface area contributed by atoms with Crippen LogP contribution in [0.4, 0.5) is 0 Å². The second-order valence-corrected chi connectivity index (χ2v) is 8.36. The molecular weight excluding hydrogens is 476 g/mol. The van der Waals surface area contributed by atoms with Gasteiger partial charge in [-0.15, -0.1) is 0 Å². The third-order valence-electron chi connectivity index (χ3n) is 5.27. The van der Waals surface area contributed by atoms with E-state index in [2.05, 4.69) is 25.9 Å². The zero-order chi connectivity index (χ0) is 27.3. The molecule has 15 nitrogen and oxygen atoms in total. The lowest BCUT2D eigenvalue weighted by Gasteiger charge is -2.26. The van der Waals surface area contributed by atoms with Crippen LogP contribution in [0.2, 0.25) is 0 Å². The molecule has 36 heavy (non-hydrogen) atoms. The number of hydrogen-bond donors (Lipinski definition) is 9. The Morgan fingerprint density at radius 3 is 2.22 bits per heavy atom. The third kappa shape index (κ3) is 10.8. The van der Waals surface area contributed by atoms with Crippen LogP contribution in [0.3, 0.4) is 0 Å². The van der Waals surface area contributed by atoms with Crippen molar-refractivity contribution in [2.24, 2.45) is 17.2 Å². The van der Waals surface area contributed by atoms with Gasteiger partial charge in [0.05, 0.1) is 18.5 Å². The van der Waals surface area contributed by atoms with Crippen molar-refractivity contribution in [2.75, 3.05) is 6.54 Å². The zero-order valence-electron chi connectivity index (χ0n) is 20.1. The highest BCUT2D eigenvalue weighted by molar-refractivity contribution is 5.94. The fraction of sp³-hybridized carbons (Fsp3) is 0.619. The Labute approximate surface area is 207 Å². The number of aliphatic hydroxyl groups is 1. The molecule has 0 aliphatic heterocycles. The number of H-pyrrole nitrogens is 1. The average molecular weight is 513 g/mol. The number of rotatable bonds is 17. The Kier molecular flexibility index (Phi) is 13.1. The number of carbonyl (C=O) groups excluding carboxylic acids is 4. The number of aromatic nitrogens is 2. The number of unbranched alkanes of at least 4 members (excludes halogenated alkanes) is 1. The fourth-order valence-electron chi connectivity index (χ4n) is 3.21. The van der Waals surface area contributed by atoms with Crippen LogP contribution in [-0.4, -0.2) is 86.6 Å². The number of hydrogen-bond acceptors (Lipinski definition) is 9. The van der Waals surface area contributed by atoms with E-state index in [4.69, 9.17) is 17.2 Å². The number of carboxylic acids is 1. The SMILES string of the molecule is CC(O)C(NC(=O)C(CCC(N)=O)NC(=O)C(N)CCCCN)C(=O)NC(Cc1cnc[nH]1)C(=O)O. The molecule has 0 spiro atoms. The number of carboxylic acid groups (broad SMARTS) is 1. The van der Waals surface area contributed by atoms with Crippen molar-refractivity contribution in [3.8, 4) is 0 Å². The molecule has 0 bridgehead atoms. The molecule has 202 valence electrons. The van der Waals surface area contributed by atoms with E-state index in [0.29, 0.717) is 31.5 Å². The molecule has 15 heteroatoms. The highest BCUT2D eigenvalue weighted by Crippen LogP contribution is 2.05. The summed E-state index contributed by atoms with van der Waals surface area (Å²) < 4.78 is 0. The number of nitrogens with two attached hydrogens (primary N) is 3. The van der Waals surface area contributed by atoms with Crippen molar-refractivity contribution >= 4 is 29.6 Å². The monoisotopic (exact) mass is 512 g/mol. The van der Waals surface area contributed by atoms with Gasteiger partial charge in [0, 0.05) is 24.7 Å². The van der Waals surface area contributed by atoms with Gasteiger partial charge >= 0.3 is 5.97 Å². The second-order valence-electron chi connectivity index (χ2n) is 8.36. The molecule has 0 aliphatic carbocycles. The summed E-state index contributed by atoms with van der Waals surface area (Å²) in [5.41, 5.74) is 16.9. The number of primary amides is 1. The second kappa shape index (κ2) is 15.4. The molecule has 1 aromatic heterocycles. The van der Waals surface area contributed by atoms with Gasteiger partial charge < -0.3 is 48.3 Å². The number of nitrogens with zero attached hydrogens (tertiary/aromatic N) is 1. The van der Waals surface area contributed by atoms with E-state index in [-0.39, 0.29) is 19.3 Å². The Balaban J connectivity index is 2.92. The molecule has 1 aromatic rings. The summed E-state index contributed by atoms with van der Waals surface area (Å²) in [5.74, 6) is -4.57. The van der Waals surface area contributed by atoms with Crippen LogP contribution >= 0.6 is 0 Å². The first kappa shape index (κ1) is 30.5. The average Bonchev–Trinajstić information content (AvgIpc) is 3.32. The van der Waals surface area contributed by atoms with Crippen LogP contribution in [0.25, 0.3) is 0 Å². The topological polar surface area (TPSA) is 269 Å². The molecular formula is C21H36N8O7. The number of aliphatic hydroxyl groups excluding tert-OH is 1. The molecule has 0 aromatic carbocycles. The smallest absolute Gasteiger partial charge is 0.326 e. The van der Waals surface area contributed by atoms with E-state index in [1.54, 1.807) is 0 Å². The molecule has 0 fully saturated rings. The molecule has 4 amide bonds. The summed E-state index contributed by atoms with van der Waals surface area (Å²) in [7, 11) is 0. The maximum atomic E-state index is 12.9. The van der Waals surface area contributed by atoms with Crippen molar-refractivity contribution in [2.45, 2.75) is 75.7 Å². The van der Waals surface area contributed by atoms with Gasteiger partial charge in [-0.05, 0) is 32.7 Å². The Morgan fingerprint density at radius 2 is 1.69 bits per heavy atom. The van der Waals surface area contributed by atoms with Gasteiger partial charge in [-0.25, -0.2) is 9.78 Å². The number of imidazole rings is 1. The van der Waals surface area contributed by atoms with Crippen molar-refractivity contribution in [1.29, 1.82) is 0 Å². The Hall–Kier alpha value is -3.56. The van der Waals surface area contributed by atoms with E-state index >= 15 is 0 Å². The standard InChI is InChI=1S/C21H36N8O7/c1-11(30)17(20(34)28-15(21(35)36)8-12-9-25-10-26-12)29-19(33)14(5-6-16(24)31)27-18(32)13(23)4-2-3-7-22/h9-11,13-15,17,30H,2-8,22-23H2,1H3,(H2,24,31)(H,25,26)(H,27,32)(H,28,34)(H,29,33)(H,35,36). The summed E-state index contributed by atoms with van der Waals surface area (Å²) in [6.07, 6.45) is 2.32. The van der Waals surface area contributed by atoms with E-state index < -0.39 is 59.9 Å². The first-order chi connectivity index (χ1) is 17.0. The van der Waals surface area contributed by atoms with Crippen LogP contribution in [0.1, 0.15) is 44.7 Å². The predicted octanol–water partition coefficient (Wildman–Crippen LogP) is -3.41. The molecule has 12 N–H and O–H groups in total. The molecule has 5 unspecified atom stereocenters. The normalized spacial score (nSPS) is 15.1. The summed E-state index contributed by atoms with van der Waals surface area (Å²) in [4.78, 5) is 67.5. The van der Waals surface area contributed by atoms with Crippen LogP contribution in [-0.2, 0) is 30.4 Å². The van der Waals surface area contributed by atoms with Crippen LogP contribution in [0.5, 0.6) is 0 Å². The van der Waals surface area contributed by atoms with Gasteiger partial charge in [-0.3, -0.25) is 19.2 Å². The molecule has 0 aliphatic rings. The number of nitrogens with one attached hydrogen (secondary N) is 4. The van der Waals surface area contributed by atoms with E-state index in [9.17, 15) is 34.2 Å². The fourth-order valence-corrected chi connectivity index (χ4v) is 3.21. The predicted molar refractivity (Wildman–Crippen MR) is 127 cm³/mol. The molecule has 1 rings (SSSR count). The third-order valence-corrected chi connectivity index (χ3v) is 5.27. The molecule has 0 saturated carbocycles. The lowest BCUT2D eigenvalue weighted by molar-refractivity contribution is -0.143. The minimum atomic E-state index is -1.56.